The highest BCUT2D eigenvalue weighted by molar-refractivity contribution is 6.30. The van der Waals surface area contributed by atoms with Crippen LogP contribution in [0, 0.1) is 0 Å². The van der Waals surface area contributed by atoms with Crippen LogP contribution in [0.2, 0.25) is 5.15 Å². The van der Waals surface area contributed by atoms with Crippen LogP contribution in [0.3, 0.4) is 0 Å². The first kappa shape index (κ1) is 10.5. The number of halogens is 1. The van der Waals surface area contributed by atoms with Gasteiger partial charge in [-0.05, 0) is 26.6 Å². The second-order valence-corrected chi connectivity index (χ2v) is 3.63. The zero-order chi connectivity index (χ0) is 9.84. The van der Waals surface area contributed by atoms with Crippen molar-refractivity contribution in [2.75, 3.05) is 14.1 Å². The third-order valence-corrected chi connectivity index (χ3v) is 2.47. The summed E-state index contributed by atoms with van der Waals surface area (Å²) in [5, 5.41) is 0.614. The highest BCUT2D eigenvalue weighted by Crippen LogP contribution is 2.26. The van der Waals surface area contributed by atoms with Gasteiger partial charge in [-0.15, -0.1) is 0 Å². The molecule has 0 amide bonds. The maximum absolute atomic E-state index is 6.00. The van der Waals surface area contributed by atoms with Gasteiger partial charge >= 0.3 is 0 Å². The summed E-state index contributed by atoms with van der Waals surface area (Å²) in [7, 11) is 4.11. The summed E-state index contributed by atoms with van der Waals surface area (Å²) in [6.07, 6.45) is 2.76. The SMILES string of the molecule is CCC(c1cccnc1Cl)N(C)C. The van der Waals surface area contributed by atoms with Crippen molar-refractivity contribution in [3.8, 4) is 0 Å². The minimum absolute atomic E-state index is 0.362. The molecule has 0 aromatic carbocycles. The molecule has 0 aliphatic carbocycles. The van der Waals surface area contributed by atoms with Crippen molar-refractivity contribution >= 4 is 11.6 Å². The number of pyridine rings is 1. The van der Waals surface area contributed by atoms with E-state index in [0.717, 1.165) is 12.0 Å². The van der Waals surface area contributed by atoms with Gasteiger partial charge in [0.2, 0.25) is 0 Å². The predicted octanol–water partition coefficient (Wildman–Crippen LogP) is 2.75. The van der Waals surface area contributed by atoms with Crippen LogP contribution in [0.1, 0.15) is 24.9 Å². The van der Waals surface area contributed by atoms with E-state index in [9.17, 15) is 0 Å². The molecule has 0 saturated carbocycles. The average Bonchev–Trinajstić information content (AvgIpc) is 2.09. The van der Waals surface area contributed by atoms with Crippen LogP contribution in [0.5, 0.6) is 0 Å². The summed E-state index contributed by atoms with van der Waals surface area (Å²) in [6, 6.07) is 4.32. The molecule has 72 valence electrons. The summed E-state index contributed by atoms with van der Waals surface area (Å²) in [6.45, 7) is 2.15. The molecule has 1 heterocycles. The smallest absolute Gasteiger partial charge is 0.133 e. The molecule has 1 aromatic heterocycles. The molecule has 3 heteroatoms. The Labute approximate surface area is 84.5 Å². The molecule has 0 aliphatic rings. The van der Waals surface area contributed by atoms with Crippen LogP contribution in [-0.4, -0.2) is 24.0 Å². The lowest BCUT2D eigenvalue weighted by molar-refractivity contribution is 0.291. The van der Waals surface area contributed by atoms with Crippen LogP contribution in [0.4, 0.5) is 0 Å². The normalized spacial score (nSPS) is 13.3. The first-order valence-corrected chi connectivity index (χ1v) is 4.81. The van der Waals surface area contributed by atoms with Gasteiger partial charge < -0.3 is 4.90 Å². The van der Waals surface area contributed by atoms with Gasteiger partial charge in [0.05, 0.1) is 0 Å². The van der Waals surface area contributed by atoms with Crippen LogP contribution >= 0.6 is 11.6 Å². The van der Waals surface area contributed by atoms with E-state index in [2.05, 4.69) is 30.9 Å². The maximum atomic E-state index is 6.00. The molecule has 0 fully saturated rings. The standard InChI is InChI=1S/C10H15ClN2/c1-4-9(13(2)3)8-6-5-7-12-10(8)11/h5-7,9H,4H2,1-3H3. The molecule has 1 unspecified atom stereocenters. The minimum Gasteiger partial charge on any atom is -0.302 e. The summed E-state index contributed by atoms with van der Waals surface area (Å²) >= 11 is 6.00. The van der Waals surface area contributed by atoms with Crippen LogP contribution in [-0.2, 0) is 0 Å². The van der Waals surface area contributed by atoms with Crippen molar-refractivity contribution in [2.45, 2.75) is 19.4 Å². The van der Waals surface area contributed by atoms with E-state index in [4.69, 9.17) is 11.6 Å². The molecule has 0 aliphatic heterocycles. The molecule has 0 bridgehead atoms. The van der Waals surface area contributed by atoms with E-state index >= 15 is 0 Å². The fraction of sp³-hybridized carbons (Fsp3) is 0.500. The third kappa shape index (κ3) is 2.42. The van der Waals surface area contributed by atoms with Crippen molar-refractivity contribution in [2.24, 2.45) is 0 Å². The van der Waals surface area contributed by atoms with E-state index in [-0.39, 0.29) is 0 Å². The van der Waals surface area contributed by atoms with Crippen LogP contribution < -0.4 is 0 Å². The molecule has 13 heavy (non-hydrogen) atoms. The molecule has 0 saturated heterocycles. The number of aromatic nitrogens is 1. The Bertz CT molecular complexity index is 273. The van der Waals surface area contributed by atoms with E-state index < -0.39 is 0 Å². The predicted molar refractivity (Wildman–Crippen MR) is 56.0 cm³/mol. The third-order valence-electron chi connectivity index (χ3n) is 2.16. The summed E-state index contributed by atoms with van der Waals surface area (Å²) in [5.74, 6) is 0. The Balaban J connectivity index is 2.97. The largest absolute Gasteiger partial charge is 0.302 e. The van der Waals surface area contributed by atoms with Crippen molar-refractivity contribution in [3.63, 3.8) is 0 Å². The highest BCUT2D eigenvalue weighted by Gasteiger charge is 2.14. The topological polar surface area (TPSA) is 16.1 Å². The van der Waals surface area contributed by atoms with Gasteiger partial charge in [-0.25, -0.2) is 4.98 Å². The molecular formula is C10H15ClN2. The Morgan fingerprint density at radius 2 is 2.23 bits per heavy atom. The van der Waals surface area contributed by atoms with E-state index in [0.29, 0.717) is 11.2 Å². The Morgan fingerprint density at radius 1 is 1.54 bits per heavy atom. The molecule has 0 N–H and O–H groups in total. The lowest BCUT2D eigenvalue weighted by Gasteiger charge is -2.23. The second-order valence-electron chi connectivity index (χ2n) is 3.27. The first-order valence-electron chi connectivity index (χ1n) is 4.43. The number of hydrogen-bond acceptors (Lipinski definition) is 2. The molecule has 2 nitrogen and oxygen atoms in total. The fourth-order valence-electron chi connectivity index (χ4n) is 1.51. The summed E-state index contributed by atoms with van der Waals surface area (Å²) in [5.41, 5.74) is 1.11. The lowest BCUT2D eigenvalue weighted by atomic mass is 10.1. The number of nitrogens with zero attached hydrogens (tertiary/aromatic N) is 2. The summed E-state index contributed by atoms with van der Waals surface area (Å²) < 4.78 is 0. The molecule has 1 rings (SSSR count). The monoisotopic (exact) mass is 198 g/mol. The lowest BCUT2D eigenvalue weighted by Crippen LogP contribution is -2.19. The van der Waals surface area contributed by atoms with Crippen molar-refractivity contribution in [1.82, 2.24) is 9.88 Å². The van der Waals surface area contributed by atoms with Gasteiger partial charge in [0.15, 0.2) is 0 Å². The number of hydrogen-bond donors (Lipinski definition) is 0. The Hall–Kier alpha value is -0.600. The van der Waals surface area contributed by atoms with Crippen molar-refractivity contribution in [1.29, 1.82) is 0 Å². The zero-order valence-corrected chi connectivity index (χ0v) is 9.04. The average molecular weight is 199 g/mol. The van der Waals surface area contributed by atoms with E-state index in [1.807, 2.05) is 12.1 Å². The maximum Gasteiger partial charge on any atom is 0.133 e. The van der Waals surface area contributed by atoms with Crippen LogP contribution in [0.25, 0.3) is 0 Å². The van der Waals surface area contributed by atoms with E-state index in [1.54, 1.807) is 6.20 Å². The second kappa shape index (κ2) is 4.58. The fourth-order valence-corrected chi connectivity index (χ4v) is 1.76. The Morgan fingerprint density at radius 3 is 2.69 bits per heavy atom. The van der Waals surface area contributed by atoms with Crippen LogP contribution in [0.15, 0.2) is 18.3 Å². The molecule has 0 spiro atoms. The summed E-state index contributed by atoms with van der Waals surface area (Å²) in [4.78, 5) is 6.22. The van der Waals surface area contributed by atoms with Gasteiger partial charge in [0.1, 0.15) is 5.15 Å². The quantitative estimate of drug-likeness (QED) is 0.695. The number of rotatable bonds is 3. The Kier molecular flexibility index (Phi) is 3.70. The first-order chi connectivity index (χ1) is 6.16. The van der Waals surface area contributed by atoms with Gasteiger partial charge in [-0.2, -0.15) is 0 Å². The molecule has 1 aromatic rings. The van der Waals surface area contributed by atoms with E-state index in [1.165, 1.54) is 0 Å². The highest BCUT2D eigenvalue weighted by atomic mass is 35.5. The molecular weight excluding hydrogens is 184 g/mol. The molecule has 0 radical (unpaired) electrons. The van der Waals surface area contributed by atoms with Gasteiger partial charge in [0.25, 0.3) is 0 Å². The van der Waals surface area contributed by atoms with Gasteiger partial charge in [-0.1, -0.05) is 24.6 Å². The van der Waals surface area contributed by atoms with Crippen molar-refractivity contribution < 1.29 is 0 Å². The van der Waals surface area contributed by atoms with Gasteiger partial charge in [0, 0.05) is 17.8 Å². The minimum atomic E-state index is 0.362. The zero-order valence-electron chi connectivity index (χ0n) is 8.29. The molecule has 1 atom stereocenters. The van der Waals surface area contributed by atoms with Gasteiger partial charge in [-0.3, -0.25) is 0 Å². The van der Waals surface area contributed by atoms with Crippen molar-refractivity contribution in [3.05, 3.63) is 29.0 Å².